The van der Waals surface area contributed by atoms with Crippen molar-refractivity contribution in [3.8, 4) is 29.9 Å². The van der Waals surface area contributed by atoms with Gasteiger partial charge in [-0.3, -0.25) is 4.90 Å². The highest BCUT2D eigenvalue weighted by molar-refractivity contribution is 6.21. The molecule has 10 aromatic rings. The maximum Gasteiger partial charge on any atom is 0.168 e. The molecule has 10 rings (SSSR count). The maximum atomic E-state index is 13.9. The van der Waals surface area contributed by atoms with E-state index in [1.807, 2.05) is 38.1 Å². The number of H-pyrrole nitrogens is 4. The van der Waals surface area contributed by atoms with E-state index in [0.29, 0.717) is 5.75 Å². The second-order valence-corrected chi connectivity index (χ2v) is 13.8. The molecular weight excluding hydrogens is 703 g/mol. The molecule has 0 saturated heterocycles. The van der Waals surface area contributed by atoms with E-state index in [2.05, 4.69) is 37.7 Å². The predicted octanol–water partition coefficient (Wildman–Crippen LogP) is 10.8. The molecule has 0 aliphatic heterocycles. The first-order valence-electron chi connectivity index (χ1n) is 17.5. The number of hydrogen-bond acceptors (Lipinski definition) is 2. The Morgan fingerprint density at radius 1 is 0.564 bits per heavy atom. The van der Waals surface area contributed by atoms with Gasteiger partial charge in [0.25, 0.3) is 0 Å². The zero-order valence-electron chi connectivity index (χ0n) is 29.8. The topological polar surface area (TPSA) is 75.6 Å². The van der Waals surface area contributed by atoms with Gasteiger partial charge in [0.2, 0.25) is 0 Å². The van der Waals surface area contributed by atoms with Crippen molar-refractivity contribution >= 4 is 87.2 Å². The number of nitrogens with zero attached hydrogens (tertiary/aromatic N) is 1. The van der Waals surface area contributed by atoms with Gasteiger partial charge in [0, 0.05) is 65.2 Å². The first kappa shape index (κ1) is 33.9. The minimum absolute atomic E-state index is 0.0592. The molecule has 4 heterocycles. The average Bonchev–Trinajstić information content (AvgIpc) is 3.92. The van der Waals surface area contributed by atoms with Crippen LogP contribution in [0.3, 0.4) is 0 Å². The summed E-state index contributed by atoms with van der Waals surface area (Å²) in [6.07, 6.45) is 5.36. The second kappa shape index (κ2) is 12.9. The summed E-state index contributed by atoms with van der Waals surface area (Å²) in [6.45, 7) is 2.12. The molecule has 10 heteroatoms. The van der Waals surface area contributed by atoms with Crippen LogP contribution in [0.4, 0.5) is 17.6 Å². The third kappa shape index (κ3) is 5.67. The molecule has 0 saturated carbocycles. The fraction of sp³-hybridized carbons (Fsp3) is 0.111. The van der Waals surface area contributed by atoms with Crippen molar-refractivity contribution in [1.29, 1.82) is 0 Å². The normalized spacial score (nSPS) is 12.3. The third-order valence-electron chi connectivity index (χ3n) is 10.2. The van der Waals surface area contributed by atoms with E-state index in [0.717, 1.165) is 92.8 Å². The van der Waals surface area contributed by atoms with Crippen molar-refractivity contribution in [3.05, 3.63) is 114 Å². The number of terminal acetylenes is 1. The maximum absolute atomic E-state index is 13.9. The van der Waals surface area contributed by atoms with Crippen LogP contribution in [-0.2, 0) is 0 Å². The third-order valence-corrected chi connectivity index (χ3v) is 10.2. The summed E-state index contributed by atoms with van der Waals surface area (Å²) in [4.78, 5) is 15.4. The standard InChI is InChI=1S/C24H19F2N3.C21H12F2N2O/c1-13(29(2)3)4-7-16-23-19(17-10-14(25)5-8-21(17)27-23)12-20-18-11-15(26)6-9-22(18)28-24(16)20;1-2-7-26-21-19-15(13-8-11(22)3-5-17(13)24-19)10-16-14-9-12(23)4-6-18(14)25-20(16)21/h5-6,8-13,27-28H,1-3H3;1,3-6,8-10,24-25H,7H2. The molecule has 4 aromatic heterocycles. The summed E-state index contributed by atoms with van der Waals surface area (Å²) in [7, 11) is 3.96. The van der Waals surface area contributed by atoms with Gasteiger partial charge in [0.05, 0.1) is 33.7 Å². The Kier molecular flexibility index (Phi) is 7.96. The SMILES string of the molecule is C#CCOc1c2[nH]c3ccc(F)cc3c2cc2c1[nH]c1ccc(F)cc12.CC(C#Cc1c2[nH]c3ccc(F)cc3c2cc2c1[nH]c1ccc(F)cc12)N(C)C. The molecule has 0 fully saturated rings. The Hall–Kier alpha value is -6.88. The monoisotopic (exact) mass is 733 g/mol. The van der Waals surface area contributed by atoms with Crippen LogP contribution in [0.25, 0.3) is 87.2 Å². The Morgan fingerprint density at radius 2 is 0.927 bits per heavy atom. The van der Waals surface area contributed by atoms with E-state index in [-0.39, 0.29) is 35.9 Å². The Morgan fingerprint density at radius 3 is 1.29 bits per heavy atom. The van der Waals surface area contributed by atoms with Gasteiger partial charge in [-0.15, -0.1) is 6.42 Å². The van der Waals surface area contributed by atoms with Gasteiger partial charge in [-0.1, -0.05) is 17.8 Å². The Labute approximate surface area is 311 Å². The molecule has 0 spiro atoms. The Balaban J connectivity index is 0.000000145. The minimum atomic E-state index is -0.324. The predicted molar refractivity (Wildman–Crippen MR) is 215 cm³/mol. The largest absolute Gasteiger partial charge is 0.477 e. The molecule has 1 unspecified atom stereocenters. The summed E-state index contributed by atoms with van der Waals surface area (Å²) >= 11 is 0. The number of aromatic amines is 4. The van der Waals surface area contributed by atoms with Gasteiger partial charge < -0.3 is 24.7 Å². The fourth-order valence-electron chi connectivity index (χ4n) is 7.32. The van der Waals surface area contributed by atoms with Crippen LogP contribution in [0, 0.1) is 47.5 Å². The zero-order valence-corrected chi connectivity index (χ0v) is 29.8. The van der Waals surface area contributed by atoms with Crippen molar-refractivity contribution in [1.82, 2.24) is 24.8 Å². The molecule has 55 heavy (non-hydrogen) atoms. The van der Waals surface area contributed by atoms with Crippen LogP contribution in [0.15, 0.2) is 84.9 Å². The molecule has 0 aliphatic carbocycles. The van der Waals surface area contributed by atoms with Gasteiger partial charge >= 0.3 is 0 Å². The molecule has 0 radical (unpaired) electrons. The highest BCUT2D eigenvalue weighted by Crippen LogP contribution is 2.41. The van der Waals surface area contributed by atoms with Gasteiger partial charge in [0.1, 0.15) is 29.9 Å². The molecule has 6 nitrogen and oxygen atoms in total. The second-order valence-electron chi connectivity index (χ2n) is 13.8. The van der Waals surface area contributed by atoms with Crippen LogP contribution >= 0.6 is 0 Å². The van der Waals surface area contributed by atoms with Gasteiger partial charge in [-0.2, -0.15) is 0 Å². The lowest BCUT2D eigenvalue weighted by Crippen LogP contribution is -2.22. The number of ether oxygens (including phenoxy) is 1. The van der Waals surface area contributed by atoms with Gasteiger partial charge in [0.15, 0.2) is 5.75 Å². The lowest BCUT2D eigenvalue weighted by Gasteiger charge is -2.12. The smallest absolute Gasteiger partial charge is 0.168 e. The summed E-state index contributed by atoms with van der Waals surface area (Å²) in [5.41, 5.74) is 7.21. The fourth-order valence-corrected chi connectivity index (χ4v) is 7.32. The van der Waals surface area contributed by atoms with E-state index in [9.17, 15) is 17.6 Å². The highest BCUT2D eigenvalue weighted by Gasteiger charge is 2.19. The molecule has 1 atom stereocenters. The van der Waals surface area contributed by atoms with Crippen molar-refractivity contribution in [2.45, 2.75) is 13.0 Å². The lowest BCUT2D eigenvalue weighted by atomic mass is 10.0. The van der Waals surface area contributed by atoms with Crippen LogP contribution < -0.4 is 4.74 Å². The molecule has 0 aliphatic rings. The zero-order chi connectivity index (χ0) is 38.1. The van der Waals surface area contributed by atoms with E-state index >= 15 is 0 Å². The van der Waals surface area contributed by atoms with Crippen LogP contribution in [-0.4, -0.2) is 51.6 Å². The van der Waals surface area contributed by atoms with E-state index in [4.69, 9.17) is 11.2 Å². The highest BCUT2D eigenvalue weighted by atomic mass is 19.1. The number of aromatic nitrogens is 4. The quantitative estimate of drug-likeness (QED) is 0.108. The van der Waals surface area contributed by atoms with Gasteiger partial charge in [-0.05, 0) is 106 Å². The molecule has 0 amide bonds. The van der Waals surface area contributed by atoms with Crippen molar-refractivity contribution in [2.75, 3.05) is 20.7 Å². The molecular formula is C45H31F4N5O. The number of nitrogens with one attached hydrogen (secondary N) is 4. The first-order chi connectivity index (χ1) is 26.6. The number of rotatable bonds is 3. The number of benzene rings is 6. The number of hydrogen-bond donors (Lipinski definition) is 4. The Bertz CT molecular complexity index is 3100. The average molecular weight is 734 g/mol. The van der Waals surface area contributed by atoms with Crippen LogP contribution in [0.5, 0.6) is 5.75 Å². The van der Waals surface area contributed by atoms with E-state index in [1.165, 1.54) is 48.5 Å². The number of halogens is 4. The van der Waals surface area contributed by atoms with Crippen molar-refractivity contribution < 1.29 is 22.3 Å². The molecule has 0 bridgehead atoms. The van der Waals surface area contributed by atoms with Crippen molar-refractivity contribution in [2.24, 2.45) is 0 Å². The molecule has 4 N–H and O–H groups in total. The first-order valence-corrected chi connectivity index (χ1v) is 17.5. The van der Waals surface area contributed by atoms with E-state index < -0.39 is 0 Å². The number of fused-ring (bicyclic) bond motifs is 12. The van der Waals surface area contributed by atoms with Crippen LogP contribution in [0.2, 0.25) is 0 Å². The molecule has 270 valence electrons. The summed E-state index contributed by atoms with van der Waals surface area (Å²) in [5.74, 6) is 8.37. The van der Waals surface area contributed by atoms with Gasteiger partial charge in [-0.25, -0.2) is 17.6 Å². The summed E-state index contributed by atoms with van der Waals surface area (Å²) in [6, 6.07) is 22.5. The lowest BCUT2D eigenvalue weighted by molar-refractivity contribution is 0.373. The summed E-state index contributed by atoms with van der Waals surface area (Å²) in [5, 5.41) is 6.38. The summed E-state index contributed by atoms with van der Waals surface area (Å²) < 4.78 is 61.3. The van der Waals surface area contributed by atoms with E-state index in [1.54, 1.807) is 24.3 Å². The molecule has 6 aromatic carbocycles. The van der Waals surface area contributed by atoms with Crippen LogP contribution in [0.1, 0.15) is 12.5 Å². The van der Waals surface area contributed by atoms with Crippen molar-refractivity contribution in [3.63, 3.8) is 0 Å². The minimum Gasteiger partial charge on any atom is -0.477 e.